The molecule has 3 nitrogen and oxygen atoms in total. The number of nitrogens with one attached hydrogen (secondary N) is 1. The van der Waals surface area contributed by atoms with Crippen molar-refractivity contribution in [3.8, 4) is 5.75 Å². The Balaban J connectivity index is 2.84. The highest BCUT2D eigenvalue weighted by atomic mass is 19.4. The van der Waals surface area contributed by atoms with Crippen LogP contribution in [0.3, 0.4) is 0 Å². The highest BCUT2D eigenvalue weighted by Crippen LogP contribution is 2.24. The van der Waals surface area contributed by atoms with Crippen molar-refractivity contribution in [1.82, 2.24) is 0 Å². The van der Waals surface area contributed by atoms with E-state index in [4.69, 9.17) is 10.1 Å². The van der Waals surface area contributed by atoms with Crippen LogP contribution in [0.15, 0.2) is 36.1 Å². The van der Waals surface area contributed by atoms with E-state index in [-0.39, 0.29) is 17.2 Å². The van der Waals surface area contributed by atoms with Gasteiger partial charge in [0.2, 0.25) is 5.90 Å². The van der Waals surface area contributed by atoms with E-state index in [0.717, 1.165) is 12.5 Å². The van der Waals surface area contributed by atoms with Crippen LogP contribution in [-0.4, -0.2) is 12.3 Å². The molecule has 0 fully saturated rings. The molecule has 20 heavy (non-hydrogen) atoms. The summed E-state index contributed by atoms with van der Waals surface area (Å²) < 4.78 is 45.5. The summed E-state index contributed by atoms with van der Waals surface area (Å²) in [5.41, 5.74) is 0.224. The Morgan fingerprint density at radius 2 is 2.00 bits per heavy atom. The molecule has 0 atom stereocenters. The summed E-state index contributed by atoms with van der Waals surface area (Å²) in [5.74, 6) is 0.0275. The summed E-state index contributed by atoms with van der Waals surface area (Å²) in [5, 5.41) is 7.77. The average Bonchev–Trinajstić information content (AvgIpc) is 2.36. The van der Waals surface area contributed by atoms with Gasteiger partial charge >= 0.3 is 6.36 Å². The molecule has 1 rings (SSSR count). The molecule has 0 unspecified atom stereocenters. The van der Waals surface area contributed by atoms with Crippen molar-refractivity contribution in [1.29, 1.82) is 5.41 Å². The van der Waals surface area contributed by atoms with E-state index in [1.165, 1.54) is 18.2 Å². The fourth-order valence-corrected chi connectivity index (χ4v) is 1.51. The quantitative estimate of drug-likeness (QED) is 0.487. The van der Waals surface area contributed by atoms with E-state index in [1.807, 2.05) is 19.9 Å². The van der Waals surface area contributed by atoms with Gasteiger partial charge in [0, 0.05) is 12.0 Å². The summed E-state index contributed by atoms with van der Waals surface area (Å²) in [4.78, 5) is 0. The molecule has 0 aromatic heterocycles. The van der Waals surface area contributed by atoms with Crippen LogP contribution in [0.5, 0.6) is 5.75 Å². The summed E-state index contributed by atoms with van der Waals surface area (Å²) in [7, 11) is 0. The first-order valence-corrected chi connectivity index (χ1v) is 6.17. The summed E-state index contributed by atoms with van der Waals surface area (Å²) in [6, 6.07) is 5.16. The van der Waals surface area contributed by atoms with Gasteiger partial charge in [0.05, 0.1) is 0 Å². The van der Waals surface area contributed by atoms with Gasteiger partial charge in [-0.05, 0) is 30.7 Å². The lowest BCUT2D eigenvalue weighted by Crippen LogP contribution is -2.17. The molecule has 0 bridgehead atoms. The van der Waals surface area contributed by atoms with E-state index in [0.29, 0.717) is 12.2 Å². The fraction of sp³-hybridized carbons (Fsp3) is 0.357. The Morgan fingerprint density at radius 1 is 1.30 bits per heavy atom. The van der Waals surface area contributed by atoms with Gasteiger partial charge in [0.15, 0.2) is 0 Å². The van der Waals surface area contributed by atoms with E-state index in [1.54, 1.807) is 0 Å². The van der Waals surface area contributed by atoms with Crippen LogP contribution in [0.25, 0.3) is 0 Å². The van der Waals surface area contributed by atoms with Crippen LogP contribution in [0.2, 0.25) is 0 Å². The van der Waals surface area contributed by atoms with Gasteiger partial charge in [-0.1, -0.05) is 19.9 Å². The van der Waals surface area contributed by atoms with E-state index in [9.17, 15) is 13.2 Å². The van der Waals surface area contributed by atoms with Crippen molar-refractivity contribution in [2.45, 2.75) is 33.1 Å². The lowest BCUT2D eigenvalue weighted by molar-refractivity contribution is -0.274. The maximum Gasteiger partial charge on any atom is 0.573 e. The molecular weight excluding hydrogens is 271 g/mol. The SMILES string of the molecule is CC/C=C(\CC)OC(=N)c1cccc(OC(F)(F)F)c1. The molecule has 6 heteroatoms. The number of ether oxygens (including phenoxy) is 2. The number of allylic oxidation sites excluding steroid dienone is 2. The van der Waals surface area contributed by atoms with Crippen molar-refractivity contribution in [3.05, 3.63) is 41.7 Å². The van der Waals surface area contributed by atoms with Gasteiger partial charge in [-0.25, -0.2) is 0 Å². The second-order valence-corrected chi connectivity index (χ2v) is 3.94. The molecule has 0 amide bonds. The third-order valence-electron chi connectivity index (χ3n) is 2.34. The minimum Gasteiger partial charge on any atom is -0.444 e. The van der Waals surface area contributed by atoms with Crippen molar-refractivity contribution in [3.63, 3.8) is 0 Å². The van der Waals surface area contributed by atoms with Crippen molar-refractivity contribution in [2.24, 2.45) is 0 Å². The Morgan fingerprint density at radius 3 is 2.55 bits per heavy atom. The largest absolute Gasteiger partial charge is 0.573 e. The molecule has 1 aromatic carbocycles. The monoisotopic (exact) mass is 287 g/mol. The topological polar surface area (TPSA) is 42.3 Å². The molecule has 0 aliphatic carbocycles. The molecule has 0 aliphatic heterocycles. The average molecular weight is 287 g/mol. The van der Waals surface area contributed by atoms with Gasteiger partial charge in [0.25, 0.3) is 0 Å². The van der Waals surface area contributed by atoms with Gasteiger partial charge in [-0.3, -0.25) is 5.41 Å². The summed E-state index contributed by atoms with van der Waals surface area (Å²) >= 11 is 0. The van der Waals surface area contributed by atoms with E-state index >= 15 is 0 Å². The highest BCUT2D eigenvalue weighted by molar-refractivity contribution is 5.92. The van der Waals surface area contributed by atoms with Gasteiger partial charge < -0.3 is 9.47 Å². The Hall–Kier alpha value is -1.98. The summed E-state index contributed by atoms with van der Waals surface area (Å²) in [6.45, 7) is 3.80. The number of rotatable bonds is 5. The van der Waals surface area contributed by atoms with Crippen LogP contribution in [-0.2, 0) is 4.74 Å². The number of benzene rings is 1. The number of hydrogen-bond donors (Lipinski definition) is 1. The normalized spacial score (nSPS) is 12.2. The molecule has 0 radical (unpaired) electrons. The lowest BCUT2D eigenvalue weighted by atomic mass is 10.2. The maximum absolute atomic E-state index is 12.1. The summed E-state index contributed by atoms with van der Waals surface area (Å²) in [6.07, 6.45) is -1.56. The van der Waals surface area contributed by atoms with Gasteiger partial charge in [-0.15, -0.1) is 13.2 Å². The maximum atomic E-state index is 12.1. The predicted molar refractivity (Wildman–Crippen MR) is 69.7 cm³/mol. The zero-order chi connectivity index (χ0) is 15.2. The first-order valence-electron chi connectivity index (χ1n) is 6.17. The van der Waals surface area contributed by atoms with Crippen LogP contribution >= 0.6 is 0 Å². The Kier molecular flexibility index (Phi) is 5.61. The van der Waals surface area contributed by atoms with Crippen LogP contribution in [0, 0.1) is 5.41 Å². The van der Waals surface area contributed by atoms with Crippen molar-refractivity contribution < 1.29 is 22.6 Å². The first-order chi connectivity index (χ1) is 9.35. The third kappa shape index (κ3) is 5.34. The molecule has 0 saturated heterocycles. The second kappa shape index (κ2) is 6.98. The van der Waals surface area contributed by atoms with Crippen molar-refractivity contribution in [2.75, 3.05) is 0 Å². The molecule has 1 N–H and O–H groups in total. The molecule has 110 valence electrons. The molecule has 0 heterocycles. The molecule has 1 aromatic rings. The fourth-order valence-electron chi connectivity index (χ4n) is 1.51. The molecule has 0 saturated carbocycles. The van der Waals surface area contributed by atoms with Crippen LogP contribution in [0.1, 0.15) is 32.3 Å². The zero-order valence-corrected chi connectivity index (χ0v) is 11.3. The number of halogens is 3. The van der Waals surface area contributed by atoms with Crippen LogP contribution < -0.4 is 4.74 Å². The predicted octanol–water partition coefficient (Wildman–Crippen LogP) is 4.63. The van der Waals surface area contributed by atoms with Gasteiger partial charge in [0.1, 0.15) is 11.5 Å². The minimum atomic E-state index is -4.75. The Labute approximate surface area is 115 Å². The third-order valence-corrected chi connectivity index (χ3v) is 2.34. The first kappa shape index (κ1) is 16.1. The molecule has 0 aliphatic rings. The Bertz CT molecular complexity index is 495. The second-order valence-electron chi connectivity index (χ2n) is 3.94. The number of alkyl halides is 3. The smallest absolute Gasteiger partial charge is 0.444 e. The zero-order valence-electron chi connectivity index (χ0n) is 11.3. The standard InChI is InChI=1S/C14H16F3NO2/c1-3-6-11(4-2)19-13(18)10-7-5-8-12(9-10)20-14(15,16)17/h5-9,18H,3-4H2,1-2H3/b11-6+,18-13?. The molecular formula is C14H16F3NO2. The van der Waals surface area contributed by atoms with E-state index in [2.05, 4.69) is 4.74 Å². The molecule has 0 spiro atoms. The van der Waals surface area contributed by atoms with E-state index < -0.39 is 6.36 Å². The highest BCUT2D eigenvalue weighted by Gasteiger charge is 2.31. The lowest BCUT2D eigenvalue weighted by Gasteiger charge is -2.12. The van der Waals surface area contributed by atoms with Gasteiger partial charge in [-0.2, -0.15) is 0 Å². The number of hydrogen-bond acceptors (Lipinski definition) is 3. The van der Waals surface area contributed by atoms with Crippen LogP contribution in [0.4, 0.5) is 13.2 Å². The van der Waals surface area contributed by atoms with Crippen molar-refractivity contribution >= 4 is 5.90 Å². The minimum absolute atomic E-state index is 0.209.